The van der Waals surface area contributed by atoms with Gasteiger partial charge in [0.05, 0.1) is 0 Å². The minimum Gasteiger partial charge on any atom is -1.00 e. The normalized spacial score (nSPS) is 0. The van der Waals surface area contributed by atoms with E-state index in [0.717, 1.165) is 0 Å². The van der Waals surface area contributed by atoms with Gasteiger partial charge >= 0.3 is 121 Å². The van der Waals surface area contributed by atoms with Crippen LogP contribution < -0.4 is 222 Å². The van der Waals surface area contributed by atoms with Crippen molar-refractivity contribution in [1.29, 1.82) is 0 Å². The summed E-state index contributed by atoms with van der Waals surface area (Å²) >= 11 is 0. The zero-order chi connectivity index (χ0) is 0. The second kappa shape index (κ2) is 50700. The molecule has 0 bridgehead atoms. The average Bonchev–Trinajstić information content (AvgIpc) is 0. The van der Waals surface area contributed by atoms with E-state index in [9.17, 15) is 0 Å². The molecule has 0 radical (unpaired) electrons. The van der Waals surface area contributed by atoms with Crippen molar-refractivity contribution in [3.8, 4) is 0 Å². The maximum absolute atomic E-state index is 0. The van der Waals surface area contributed by atoms with Crippen LogP contribution in [0, 0.1) is 0 Å². The second-order valence-electron chi connectivity index (χ2n) is 0. The molecule has 0 aromatic carbocycles. The topological polar surface area (TPSA) is 1460 Å². The van der Waals surface area contributed by atoms with Gasteiger partial charge in [0.25, 0.3) is 0 Å². The van der Waals surface area contributed by atoms with E-state index in [4.69, 9.17) is 0 Å². The monoisotopic (exact) mass is 1030 g/mol. The molecule has 0 heterocycles. The first-order chi connectivity index (χ1) is 0. The van der Waals surface area contributed by atoms with Crippen LogP contribution in [0.2, 0.25) is 0 Å². The van der Waals surface area contributed by atoms with Gasteiger partial charge in [0.15, 0.2) is 0 Å². The van der Waals surface area contributed by atoms with Gasteiger partial charge in [-0.15, -0.1) is 0 Å². The molecule has 0 rings (SSSR count). The number of halogens is 6. The van der Waals surface area contributed by atoms with E-state index in [1.807, 2.05) is 0 Å². The first-order valence-electron chi connectivity index (χ1n) is 0. The van der Waals surface area contributed by atoms with Crippen LogP contribution >= 0.6 is 0 Å². The van der Waals surface area contributed by atoms with Gasteiger partial charge in [0.2, 0.25) is 0 Å². The molecule has 0 aromatic rings. The van der Waals surface area contributed by atoms with Crippen LogP contribution in [0.25, 0.3) is 111 Å². The molecule has 60 heteroatoms. The maximum atomic E-state index is 0. The van der Waals surface area contributed by atoms with E-state index in [0.29, 0.717) is 0 Å². The molecule has 0 spiro atoms. The van der Waals surface area contributed by atoms with Gasteiger partial charge < -0.3 is 333 Å². The van der Waals surface area contributed by atoms with Crippen LogP contribution in [0.5, 0.6) is 0 Å². The quantitative estimate of drug-likeness (QED) is 0.105. The molecule has 42 nitrogen and oxygen atoms in total. The van der Waals surface area contributed by atoms with E-state index in [1.54, 1.807) is 0 Å². The standard InChI is InChI=1S/12Be.6ClH.24H3N.18H2N/h;;;;;;;;;;;;6*1H;24*1H3;18*1H2/q12*+2;;;;;;;;;;;;;;;;;;;;;;;;;;;;;;;18*-1/p+5. The summed E-state index contributed by atoms with van der Waals surface area (Å²) in [6, 6.07) is 0. The third-order valence-corrected chi connectivity index (χ3v) is 0. The van der Waals surface area contributed by atoms with Crippen molar-refractivity contribution in [2.45, 2.75) is 0 Å². The smallest absolute Gasteiger partial charge is 1.00 e. The molecule has 0 fully saturated rings. The van der Waals surface area contributed by atoms with Crippen molar-refractivity contribution >= 4 is 121 Å². The Morgan fingerprint density at radius 2 is 0.0833 bits per heavy atom. The molecule has 384 valence electrons. The SMILES string of the molecule is N.N.N.N.N.N.N.N.N.N.N.N.N.[Be+2].[Be+2].[Be+2].[Be+2].[Be+2].[Be+2].[Be+2].[Be+2].[Be+2].[Be+2].[Be+2].[Be+2].[Cl-].[Cl-].[Cl-].[Cl-].[Cl-].[Cl-].[NH2-].[NH2-].[NH2-].[NH2-].[NH2-].[NH2-].[NH2-].[NH2-].[NH2-].[NH2-].[NH2-].[NH2-].[NH2-].[NH2-].[NH2-].[NH2-].[NH2-].[NH2-].[NH4+].[NH4+].[NH4+].[NH4+].[NH4+].[NH4+].[NH4+].[NH4+].[NH4+].[NH4+].[NH4+]. The Kier molecular flexibility index (Phi) is 45000000. The summed E-state index contributed by atoms with van der Waals surface area (Å²) < 4.78 is 0. The summed E-state index contributed by atoms with van der Waals surface area (Å²) in [6.45, 7) is 0. The maximum Gasteiger partial charge on any atom is 2.00 e. The summed E-state index contributed by atoms with van der Waals surface area (Å²) in [7, 11) is 0. The largest absolute Gasteiger partial charge is 2.00 e. The Balaban J connectivity index is 0. The number of hydrogen-bond donors (Lipinski definition) is 24. The number of hydrogen-bond acceptors (Lipinski definition) is 13. The van der Waals surface area contributed by atoms with Crippen LogP contribution in [0.1, 0.15) is 0 Å². The van der Waals surface area contributed by atoms with Crippen LogP contribution in [0.3, 0.4) is 0 Å². The molecule has 0 amide bonds. The van der Waals surface area contributed by atoms with Gasteiger partial charge in [0, 0.05) is 0 Å². The summed E-state index contributed by atoms with van der Waals surface area (Å²) in [5.74, 6) is 0. The molecule has 0 aliphatic rings. The number of rotatable bonds is 0. The van der Waals surface area contributed by atoms with Crippen molar-refractivity contribution in [2.75, 3.05) is 0 Å². The van der Waals surface area contributed by atoms with E-state index >= 15 is 0 Å². The molecule has 119 N–H and O–H groups in total. The third-order valence-electron chi connectivity index (χ3n) is 0. The second-order valence-corrected chi connectivity index (χ2v) is 0. The Morgan fingerprint density at radius 1 is 0.0833 bits per heavy atom. The van der Waals surface area contributed by atoms with Crippen LogP contribution in [0.15, 0.2) is 0 Å². The van der Waals surface area contributed by atoms with Crippen molar-refractivity contribution < 1.29 is 74.4 Å². The van der Waals surface area contributed by atoms with E-state index in [-0.39, 0.29) is 454 Å². The summed E-state index contributed by atoms with van der Waals surface area (Å²) in [4.78, 5) is 0. The fourth-order valence-corrected chi connectivity index (χ4v) is 0. The average molecular weight is 1030 g/mol. The van der Waals surface area contributed by atoms with Crippen molar-refractivity contribution in [3.63, 3.8) is 0 Å². The molecule has 0 aliphatic carbocycles. The molecular weight excluding hydrogens is 909 g/mol. The molecule has 0 atom stereocenters. The minimum atomic E-state index is 0. The van der Waals surface area contributed by atoms with Crippen LogP contribution in [-0.4, -0.2) is 121 Å². The van der Waals surface area contributed by atoms with Gasteiger partial charge in [-0.3, -0.25) is 0 Å². The third kappa shape index (κ3) is 48200. The van der Waals surface area contributed by atoms with Gasteiger partial charge in [-0.05, 0) is 0 Å². The van der Waals surface area contributed by atoms with E-state index in [1.165, 1.54) is 0 Å². The molecule has 0 saturated carbocycles. The van der Waals surface area contributed by atoms with Gasteiger partial charge in [-0.1, -0.05) is 0 Å². The van der Waals surface area contributed by atoms with Crippen molar-refractivity contribution in [3.05, 3.63) is 111 Å². The van der Waals surface area contributed by atoms with Crippen LogP contribution in [-0.2, 0) is 0 Å². The van der Waals surface area contributed by atoms with Gasteiger partial charge in [-0.2, -0.15) is 0 Å². The predicted octanol–water partition coefficient (Wildman–Crippen LogP) is -3.39. The Morgan fingerprint density at radius 3 is 0.0833 bits per heavy atom. The summed E-state index contributed by atoms with van der Waals surface area (Å²) in [5, 5.41) is 0. The minimum absolute atomic E-state index is 0. The van der Waals surface area contributed by atoms with Crippen molar-refractivity contribution in [1.82, 2.24) is 148 Å². The molecular formula is H119Be12Cl6N42+11. The zero-order valence-corrected chi connectivity index (χ0v) is 45.9. The zero-order valence-electron chi connectivity index (χ0n) is 41.3. The van der Waals surface area contributed by atoms with Gasteiger partial charge in [-0.25, -0.2) is 0 Å². The Bertz CT molecular complexity index is 69.4. The number of nitrogens with two attached hydrogens (primary N) is 18. The summed E-state index contributed by atoms with van der Waals surface area (Å²) in [6.07, 6.45) is 0. The first kappa shape index (κ1) is 53200. The molecule has 0 aliphatic heterocycles. The Hall–Kier alpha value is 2.09. The molecule has 0 unspecified atom stereocenters. The molecule has 0 aromatic heterocycles. The van der Waals surface area contributed by atoms with Gasteiger partial charge in [0.1, 0.15) is 0 Å². The molecule has 60 heavy (non-hydrogen) atoms. The predicted molar refractivity (Wildman–Crippen MR) is 295 cm³/mol. The van der Waals surface area contributed by atoms with E-state index in [2.05, 4.69) is 0 Å². The summed E-state index contributed by atoms with van der Waals surface area (Å²) in [5.41, 5.74) is 0. The van der Waals surface area contributed by atoms with Crippen LogP contribution in [0.4, 0.5) is 0 Å². The fourth-order valence-electron chi connectivity index (χ4n) is 0. The number of quaternary nitrogens is 11. The Labute approximate surface area is 452 Å². The fraction of sp³-hybridized carbons (Fsp3) is 0. The van der Waals surface area contributed by atoms with Crippen molar-refractivity contribution in [2.24, 2.45) is 0 Å². The first-order valence-corrected chi connectivity index (χ1v) is 0. The molecule has 0 saturated heterocycles. The van der Waals surface area contributed by atoms with E-state index < -0.39 is 0 Å².